The molecular weight excluding hydrogens is 350 g/mol. The molecule has 0 radical (unpaired) electrons. The van der Waals surface area contributed by atoms with E-state index in [1.807, 2.05) is 88.2 Å². The van der Waals surface area contributed by atoms with Crippen molar-refractivity contribution in [2.24, 2.45) is 7.05 Å². The van der Waals surface area contributed by atoms with Gasteiger partial charge in [-0.15, -0.1) is 0 Å². The lowest BCUT2D eigenvalue weighted by Crippen LogP contribution is -2.26. The molecule has 0 saturated carbocycles. The first-order valence-electron chi connectivity index (χ1n) is 9.37. The molecule has 3 rings (SSSR count). The standard InChI is InChI=1S/C23H27N3O2/c1-16-7-6-8-17(2)22(16)28-15-19-9-11-20(12-10-19)23(27)25(4)14-21-13-24-26(5)18(21)3/h6-13H,14-15H2,1-5H3. The van der Waals surface area contributed by atoms with Crippen LogP contribution in [0.2, 0.25) is 0 Å². The van der Waals surface area contributed by atoms with Crippen molar-refractivity contribution < 1.29 is 9.53 Å². The van der Waals surface area contributed by atoms with Gasteiger partial charge < -0.3 is 9.64 Å². The van der Waals surface area contributed by atoms with E-state index in [4.69, 9.17) is 4.74 Å². The third-order valence-electron chi connectivity index (χ3n) is 5.08. The summed E-state index contributed by atoms with van der Waals surface area (Å²) in [7, 11) is 3.71. The van der Waals surface area contributed by atoms with E-state index in [9.17, 15) is 4.79 Å². The first-order valence-corrected chi connectivity index (χ1v) is 9.37. The predicted octanol–water partition coefficient (Wildman–Crippen LogP) is 4.20. The van der Waals surface area contributed by atoms with Gasteiger partial charge in [0.15, 0.2) is 0 Å². The van der Waals surface area contributed by atoms with Crippen molar-refractivity contribution in [1.82, 2.24) is 14.7 Å². The van der Waals surface area contributed by atoms with Crippen LogP contribution in [0.25, 0.3) is 0 Å². The van der Waals surface area contributed by atoms with Gasteiger partial charge in [0.2, 0.25) is 0 Å². The molecule has 2 aromatic carbocycles. The second-order valence-electron chi connectivity index (χ2n) is 7.25. The topological polar surface area (TPSA) is 47.4 Å². The molecule has 0 aliphatic heterocycles. The Morgan fingerprint density at radius 1 is 1.07 bits per heavy atom. The van der Waals surface area contributed by atoms with E-state index in [-0.39, 0.29) is 5.91 Å². The van der Waals surface area contributed by atoms with Gasteiger partial charge in [-0.05, 0) is 49.6 Å². The Hall–Kier alpha value is -3.08. The zero-order valence-electron chi connectivity index (χ0n) is 17.2. The van der Waals surface area contributed by atoms with Crippen LogP contribution >= 0.6 is 0 Å². The van der Waals surface area contributed by atoms with E-state index in [0.717, 1.165) is 33.7 Å². The van der Waals surface area contributed by atoms with Crippen LogP contribution in [0.4, 0.5) is 0 Å². The van der Waals surface area contributed by atoms with Gasteiger partial charge in [0.25, 0.3) is 5.91 Å². The molecule has 0 bridgehead atoms. The Kier molecular flexibility index (Phi) is 5.83. The fourth-order valence-corrected chi connectivity index (χ4v) is 3.17. The number of nitrogens with zero attached hydrogens (tertiary/aromatic N) is 3. The van der Waals surface area contributed by atoms with Crippen molar-refractivity contribution in [3.63, 3.8) is 0 Å². The Labute approximate surface area is 166 Å². The molecule has 1 aromatic heterocycles. The summed E-state index contributed by atoms with van der Waals surface area (Å²) in [6, 6.07) is 13.7. The van der Waals surface area contributed by atoms with Gasteiger partial charge in [-0.3, -0.25) is 9.48 Å². The zero-order valence-corrected chi connectivity index (χ0v) is 17.2. The number of benzene rings is 2. The predicted molar refractivity (Wildman–Crippen MR) is 110 cm³/mol. The number of carbonyl (C=O) groups is 1. The molecule has 0 fully saturated rings. The summed E-state index contributed by atoms with van der Waals surface area (Å²) < 4.78 is 7.81. The lowest BCUT2D eigenvalue weighted by atomic mass is 10.1. The van der Waals surface area contributed by atoms with Gasteiger partial charge in [-0.25, -0.2) is 0 Å². The van der Waals surface area contributed by atoms with E-state index >= 15 is 0 Å². The smallest absolute Gasteiger partial charge is 0.253 e. The molecular formula is C23H27N3O2. The molecule has 1 heterocycles. The molecule has 146 valence electrons. The molecule has 0 atom stereocenters. The highest BCUT2D eigenvalue weighted by molar-refractivity contribution is 5.94. The monoisotopic (exact) mass is 377 g/mol. The summed E-state index contributed by atoms with van der Waals surface area (Å²) in [6.07, 6.45) is 1.81. The first-order chi connectivity index (χ1) is 13.4. The van der Waals surface area contributed by atoms with E-state index in [1.165, 1.54) is 0 Å². The molecule has 5 nitrogen and oxygen atoms in total. The van der Waals surface area contributed by atoms with Crippen LogP contribution < -0.4 is 4.74 Å². The minimum atomic E-state index is -0.00882. The third-order valence-corrected chi connectivity index (χ3v) is 5.08. The van der Waals surface area contributed by atoms with Crippen molar-refractivity contribution in [1.29, 1.82) is 0 Å². The minimum Gasteiger partial charge on any atom is -0.488 e. The maximum Gasteiger partial charge on any atom is 0.253 e. The molecule has 0 saturated heterocycles. The number of amides is 1. The van der Waals surface area contributed by atoms with Crippen LogP contribution in [0.1, 0.15) is 38.3 Å². The highest BCUT2D eigenvalue weighted by atomic mass is 16.5. The number of ether oxygens (including phenoxy) is 1. The summed E-state index contributed by atoms with van der Waals surface area (Å²) in [5.74, 6) is 0.916. The van der Waals surface area contributed by atoms with E-state index < -0.39 is 0 Å². The molecule has 28 heavy (non-hydrogen) atoms. The van der Waals surface area contributed by atoms with Crippen LogP contribution in [-0.4, -0.2) is 27.6 Å². The summed E-state index contributed by atoms with van der Waals surface area (Å²) in [5, 5.41) is 4.24. The number of hydrogen-bond acceptors (Lipinski definition) is 3. The second-order valence-corrected chi connectivity index (χ2v) is 7.25. The van der Waals surface area contributed by atoms with Gasteiger partial charge in [-0.2, -0.15) is 5.10 Å². The normalized spacial score (nSPS) is 10.8. The number of para-hydroxylation sites is 1. The Balaban J connectivity index is 1.63. The average Bonchev–Trinajstić information content (AvgIpc) is 2.99. The Morgan fingerprint density at radius 2 is 1.71 bits per heavy atom. The van der Waals surface area contributed by atoms with Crippen molar-refractivity contribution in [3.05, 3.63) is 82.2 Å². The van der Waals surface area contributed by atoms with Crippen LogP contribution in [0.3, 0.4) is 0 Å². The number of carbonyl (C=O) groups excluding carboxylic acids is 1. The molecule has 0 N–H and O–H groups in total. The fraction of sp³-hybridized carbons (Fsp3) is 0.304. The zero-order chi connectivity index (χ0) is 20.3. The largest absolute Gasteiger partial charge is 0.488 e. The summed E-state index contributed by atoms with van der Waals surface area (Å²) in [5.41, 5.74) is 6.07. The quantitative estimate of drug-likeness (QED) is 0.647. The number of rotatable bonds is 6. The molecule has 0 aliphatic rings. The lowest BCUT2D eigenvalue weighted by molar-refractivity contribution is 0.0785. The summed E-state index contributed by atoms with van der Waals surface area (Å²) >= 11 is 0. The molecule has 1 amide bonds. The summed E-state index contributed by atoms with van der Waals surface area (Å²) in [6.45, 7) is 7.11. The van der Waals surface area contributed by atoms with E-state index in [1.54, 1.807) is 4.90 Å². The van der Waals surface area contributed by atoms with Gasteiger partial charge in [0.05, 0.1) is 6.20 Å². The van der Waals surface area contributed by atoms with E-state index in [2.05, 4.69) is 5.10 Å². The SMILES string of the molecule is Cc1cccc(C)c1OCc1ccc(C(=O)N(C)Cc2cnn(C)c2C)cc1. The van der Waals surface area contributed by atoms with Crippen LogP contribution in [0, 0.1) is 20.8 Å². The van der Waals surface area contributed by atoms with Gasteiger partial charge in [0.1, 0.15) is 12.4 Å². The van der Waals surface area contributed by atoms with Crippen molar-refractivity contribution in [2.45, 2.75) is 33.9 Å². The molecule has 0 aliphatic carbocycles. The first kappa shape index (κ1) is 19.7. The fourth-order valence-electron chi connectivity index (χ4n) is 3.17. The van der Waals surface area contributed by atoms with Crippen molar-refractivity contribution >= 4 is 5.91 Å². The van der Waals surface area contributed by atoms with Crippen molar-refractivity contribution in [3.8, 4) is 5.75 Å². The van der Waals surface area contributed by atoms with Crippen LogP contribution in [0.15, 0.2) is 48.7 Å². The number of aromatic nitrogens is 2. The minimum absolute atomic E-state index is 0.00882. The van der Waals surface area contributed by atoms with Gasteiger partial charge in [-0.1, -0.05) is 30.3 Å². The van der Waals surface area contributed by atoms with Gasteiger partial charge in [0, 0.05) is 37.5 Å². The van der Waals surface area contributed by atoms with E-state index in [0.29, 0.717) is 18.7 Å². The van der Waals surface area contributed by atoms with Gasteiger partial charge >= 0.3 is 0 Å². The molecule has 0 unspecified atom stereocenters. The highest BCUT2D eigenvalue weighted by Crippen LogP contribution is 2.23. The Bertz CT molecular complexity index is 954. The number of aryl methyl sites for hydroxylation is 3. The van der Waals surface area contributed by atoms with Crippen LogP contribution in [0.5, 0.6) is 5.75 Å². The Morgan fingerprint density at radius 3 is 2.29 bits per heavy atom. The second kappa shape index (κ2) is 8.30. The molecule has 0 spiro atoms. The average molecular weight is 377 g/mol. The molecule has 3 aromatic rings. The maximum absolute atomic E-state index is 12.7. The lowest BCUT2D eigenvalue weighted by Gasteiger charge is -2.17. The molecule has 5 heteroatoms. The van der Waals surface area contributed by atoms with Crippen molar-refractivity contribution in [2.75, 3.05) is 7.05 Å². The summed E-state index contributed by atoms with van der Waals surface area (Å²) in [4.78, 5) is 14.4. The highest BCUT2D eigenvalue weighted by Gasteiger charge is 2.14. The third kappa shape index (κ3) is 4.25. The maximum atomic E-state index is 12.7. The van der Waals surface area contributed by atoms with Crippen LogP contribution in [-0.2, 0) is 20.2 Å². The number of hydrogen-bond donors (Lipinski definition) is 0.